The van der Waals surface area contributed by atoms with E-state index in [1.54, 1.807) is 0 Å². The lowest BCUT2D eigenvalue weighted by Crippen LogP contribution is -2.09. The lowest BCUT2D eigenvalue weighted by Gasteiger charge is -2.26. The van der Waals surface area contributed by atoms with Gasteiger partial charge in [0.1, 0.15) is 11.2 Å². The van der Waals surface area contributed by atoms with Gasteiger partial charge in [-0.2, -0.15) is 0 Å². The molecule has 0 atom stereocenters. The number of anilines is 3. The van der Waals surface area contributed by atoms with Gasteiger partial charge < -0.3 is 9.32 Å². The van der Waals surface area contributed by atoms with E-state index in [0.717, 1.165) is 39.0 Å². The Balaban J connectivity index is 1.03. The fourth-order valence-corrected chi connectivity index (χ4v) is 7.76. The van der Waals surface area contributed by atoms with Gasteiger partial charge in [0.15, 0.2) is 0 Å². The Labute approximate surface area is 314 Å². The van der Waals surface area contributed by atoms with E-state index < -0.39 is 0 Å². The molecule has 2 nitrogen and oxygen atoms in total. The summed E-state index contributed by atoms with van der Waals surface area (Å²) in [7, 11) is 0. The molecule has 254 valence electrons. The van der Waals surface area contributed by atoms with Crippen LogP contribution in [0.15, 0.2) is 217 Å². The largest absolute Gasteiger partial charge is 0.456 e. The highest BCUT2D eigenvalue weighted by Crippen LogP contribution is 2.40. The lowest BCUT2D eigenvalue weighted by atomic mass is 9.95. The van der Waals surface area contributed by atoms with Gasteiger partial charge in [0, 0.05) is 33.9 Å². The van der Waals surface area contributed by atoms with Crippen molar-refractivity contribution < 1.29 is 4.42 Å². The van der Waals surface area contributed by atoms with Crippen LogP contribution in [0.3, 0.4) is 0 Å². The summed E-state index contributed by atoms with van der Waals surface area (Å²) in [5, 5.41) is 4.76. The van der Waals surface area contributed by atoms with Crippen LogP contribution in [0.5, 0.6) is 0 Å². The molecule has 9 aromatic carbocycles. The van der Waals surface area contributed by atoms with Crippen molar-refractivity contribution in [2.24, 2.45) is 0 Å². The normalized spacial score (nSPS) is 11.3. The molecule has 2 heteroatoms. The number of fused-ring (bicyclic) bond motifs is 4. The molecule has 0 unspecified atom stereocenters. The van der Waals surface area contributed by atoms with Crippen LogP contribution in [0.4, 0.5) is 17.1 Å². The Morgan fingerprint density at radius 3 is 1.46 bits per heavy atom. The smallest absolute Gasteiger partial charge is 0.137 e. The minimum absolute atomic E-state index is 0.870. The Hall–Kier alpha value is -7.16. The van der Waals surface area contributed by atoms with E-state index in [9.17, 15) is 0 Å². The third-order valence-corrected chi connectivity index (χ3v) is 10.5. The van der Waals surface area contributed by atoms with E-state index in [2.05, 4.69) is 205 Å². The molecule has 0 aliphatic heterocycles. The zero-order valence-corrected chi connectivity index (χ0v) is 29.6. The molecule has 54 heavy (non-hydrogen) atoms. The van der Waals surface area contributed by atoms with Crippen molar-refractivity contribution in [2.75, 3.05) is 4.90 Å². The molecular formula is C52H35NO. The van der Waals surface area contributed by atoms with Gasteiger partial charge in [0.05, 0.1) is 0 Å². The van der Waals surface area contributed by atoms with Gasteiger partial charge in [-0.25, -0.2) is 0 Å². The predicted molar refractivity (Wildman–Crippen MR) is 228 cm³/mol. The second kappa shape index (κ2) is 13.4. The van der Waals surface area contributed by atoms with Gasteiger partial charge in [-0.3, -0.25) is 0 Å². The third-order valence-electron chi connectivity index (χ3n) is 10.5. The SMILES string of the molecule is c1ccc(-c2cccc(-c3ccc(N(c4ccc(-c5cccc(-c6cccc7ccccc67)c5)cc4)c4ccc5c(c4)oc4ccccc45)cc3)c2)cc1. The van der Waals surface area contributed by atoms with Gasteiger partial charge in [-0.1, -0.05) is 152 Å². The van der Waals surface area contributed by atoms with Crippen molar-refractivity contribution in [3.05, 3.63) is 212 Å². The van der Waals surface area contributed by atoms with Gasteiger partial charge in [0.2, 0.25) is 0 Å². The summed E-state index contributed by atoms with van der Waals surface area (Å²) in [6, 6.07) is 75.9. The van der Waals surface area contributed by atoms with E-state index in [-0.39, 0.29) is 0 Å². The van der Waals surface area contributed by atoms with E-state index in [1.807, 2.05) is 12.1 Å². The summed E-state index contributed by atoms with van der Waals surface area (Å²) in [5.74, 6) is 0. The standard InChI is InChI=1S/C52H35NO/c1-2-11-36(12-3-1)40-15-8-16-41(33-40)37-23-27-44(28-24-37)53(46-31-32-50-49-20-6-7-22-51(49)54-52(50)35-46)45-29-25-38(26-30-45)42-17-9-18-43(34-42)48-21-10-14-39-13-4-5-19-47(39)48/h1-35H. The maximum absolute atomic E-state index is 6.36. The first-order chi connectivity index (χ1) is 26.7. The van der Waals surface area contributed by atoms with Crippen LogP contribution in [0.25, 0.3) is 77.2 Å². The number of rotatable bonds is 7. The third kappa shape index (κ3) is 5.81. The van der Waals surface area contributed by atoms with Gasteiger partial charge >= 0.3 is 0 Å². The molecule has 0 saturated heterocycles. The lowest BCUT2D eigenvalue weighted by molar-refractivity contribution is 0.669. The highest BCUT2D eigenvalue weighted by atomic mass is 16.3. The summed E-state index contributed by atoms with van der Waals surface area (Å²) < 4.78 is 6.36. The molecule has 1 aromatic heterocycles. The first kappa shape index (κ1) is 31.6. The Kier molecular flexibility index (Phi) is 7.85. The minimum Gasteiger partial charge on any atom is -0.456 e. The van der Waals surface area contributed by atoms with Crippen LogP contribution >= 0.6 is 0 Å². The van der Waals surface area contributed by atoms with Crippen molar-refractivity contribution in [3.8, 4) is 44.5 Å². The minimum atomic E-state index is 0.870. The number of para-hydroxylation sites is 1. The predicted octanol–water partition coefficient (Wildman–Crippen LogP) is 14.9. The van der Waals surface area contributed by atoms with Crippen LogP contribution in [0.1, 0.15) is 0 Å². The molecule has 0 aliphatic rings. The maximum Gasteiger partial charge on any atom is 0.137 e. The first-order valence-corrected chi connectivity index (χ1v) is 18.4. The fourth-order valence-electron chi connectivity index (χ4n) is 7.76. The fraction of sp³-hybridized carbons (Fsp3) is 0. The van der Waals surface area contributed by atoms with Crippen LogP contribution in [0.2, 0.25) is 0 Å². The first-order valence-electron chi connectivity index (χ1n) is 18.4. The zero-order chi connectivity index (χ0) is 35.8. The molecule has 1 heterocycles. The van der Waals surface area contributed by atoms with Crippen molar-refractivity contribution in [3.63, 3.8) is 0 Å². The number of benzene rings is 9. The summed E-state index contributed by atoms with van der Waals surface area (Å²) >= 11 is 0. The Morgan fingerprint density at radius 1 is 0.278 bits per heavy atom. The van der Waals surface area contributed by atoms with E-state index >= 15 is 0 Å². The molecule has 0 N–H and O–H groups in total. The van der Waals surface area contributed by atoms with Crippen LogP contribution < -0.4 is 4.90 Å². The molecule has 0 amide bonds. The number of nitrogens with zero attached hydrogens (tertiary/aromatic N) is 1. The number of hydrogen-bond acceptors (Lipinski definition) is 2. The van der Waals surface area contributed by atoms with E-state index in [1.165, 1.54) is 55.3 Å². The average molecular weight is 690 g/mol. The molecule has 0 spiro atoms. The van der Waals surface area contributed by atoms with Crippen LogP contribution in [-0.2, 0) is 0 Å². The highest BCUT2D eigenvalue weighted by Gasteiger charge is 2.16. The molecule has 0 fully saturated rings. The molecule has 10 rings (SSSR count). The molecule has 0 bridgehead atoms. The van der Waals surface area contributed by atoms with Gasteiger partial charge in [0.25, 0.3) is 0 Å². The quantitative estimate of drug-likeness (QED) is 0.166. The topological polar surface area (TPSA) is 16.4 Å². The summed E-state index contributed by atoms with van der Waals surface area (Å²) in [6.45, 7) is 0. The zero-order valence-electron chi connectivity index (χ0n) is 29.6. The molecule has 10 aromatic rings. The van der Waals surface area contributed by atoms with Crippen LogP contribution in [0, 0.1) is 0 Å². The molecule has 0 aliphatic carbocycles. The molecule has 0 saturated carbocycles. The monoisotopic (exact) mass is 689 g/mol. The van der Waals surface area contributed by atoms with Crippen molar-refractivity contribution in [1.82, 2.24) is 0 Å². The van der Waals surface area contributed by atoms with Crippen molar-refractivity contribution in [1.29, 1.82) is 0 Å². The maximum atomic E-state index is 6.36. The molecule has 0 radical (unpaired) electrons. The van der Waals surface area contributed by atoms with Crippen LogP contribution in [-0.4, -0.2) is 0 Å². The van der Waals surface area contributed by atoms with E-state index in [4.69, 9.17) is 4.42 Å². The van der Waals surface area contributed by atoms with Gasteiger partial charge in [-0.05, 0) is 110 Å². The molecular weight excluding hydrogens is 655 g/mol. The second-order valence-corrected chi connectivity index (χ2v) is 13.8. The number of hydrogen-bond donors (Lipinski definition) is 0. The Bertz CT molecular complexity index is 2920. The summed E-state index contributed by atoms with van der Waals surface area (Å²) in [4.78, 5) is 2.31. The second-order valence-electron chi connectivity index (χ2n) is 13.8. The van der Waals surface area contributed by atoms with Crippen molar-refractivity contribution >= 4 is 49.8 Å². The van der Waals surface area contributed by atoms with Gasteiger partial charge in [-0.15, -0.1) is 0 Å². The summed E-state index contributed by atoms with van der Waals surface area (Å²) in [6.07, 6.45) is 0. The average Bonchev–Trinajstić information content (AvgIpc) is 3.62. The Morgan fingerprint density at radius 2 is 0.759 bits per heavy atom. The summed E-state index contributed by atoms with van der Waals surface area (Å²) in [5.41, 5.74) is 14.5. The van der Waals surface area contributed by atoms with Crippen molar-refractivity contribution in [2.45, 2.75) is 0 Å². The number of furan rings is 1. The highest BCUT2D eigenvalue weighted by molar-refractivity contribution is 6.06. The van der Waals surface area contributed by atoms with E-state index in [0.29, 0.717) is 0 Å².